The SMILES string of the molecule is O=C(O)c1cc(S(=O)(=O)NC[C@H]2COc3ccccc3O2)ccc1O. The topological polar surface area (TPSA) is 122 Å². The van der Waals surface area contributed by atoms with Gasteiger partial charge in [-0.2, -0.15) is 0 Å². The van der Waals surface area contributed by atoms with Crippen molar-refractivity contribution < 1.29 is 32.9 Å². The number of carboxylic acids is 1. The fraction of sp³-hybridized carbons (Fsp3) is 0.188. The number of aromatic carboxylic acids is 1. The normalized spacial score (nSPS) is 16.4. The van der Waals surface area contributed by atoms with Crippen LogP contribution in [0.15, 0.2) is 47.4 Å². The zero-order valence-electron chi connectivity index (χ0n) is 12.9. The van der Waals surface area contributed by atoms with Crippen LogP contribution in [0.3, 0.4) is 0 Å². The van der Waals surface area contributed by atoms with E-state index >= 15 is 0 Å². The third-order valence-electron chi connectivity index (χ3n) is 3.58. The van der Waals surface area contributed by atoms with Crippen LogP contribution in [0.2, 0.25) is 0 Å². The van der Waals surface area contributed by atoms with Gasteiger partial charge in [-0.25, -0.2) is 17.9 Å². The van der Waals surface area contributed by atoms with Crippen molar-refractivity contribution in [2.75, 3.05) is 13.2 Å². The van der Waals surface area contributed by atoms with Gasteiger partial charge in [-0.3, -0.25) is 0 Å². The second-order valence-electron chi connectivity index (χ2n) is 5.33. The van der Waals surface area contributed by atoms with E-state index < -0.39 is 33.4 Å². The van der Waals surface area contributed by atoms with Crippen molar-refractivity contribution in [2.24, 2.45) is 0 Å². The van der Waals surface area contributed by atoms with Crippen molar-refractivity contribution in [2.45, 2.75) is 11.0 Å². The molecule has 9 heteroatoms. The van der Waals surface area contributed by atoms with Crippen LogP contribution in [0.25, 0.3) is 0 Å². The molecule has 0 saturated carbocycles. The lowest BCUT2D eigenvalue weighted by Crippen LogP contribution is -2.40. The molecule has 1 aliphatic heterocycles. The summed E-state index contributed by atoms with van der Waals surface area (Å²) in [4.78, 5) is 10.7. The maximum absolute atomic E-state index is 12.3. The van der Waals surface area contributed by atoms with Gasteiger partial charge in [0.05, 0.1) is 11.4 Å². The number of hydrogen-bond donors (Lipinski definition) is 3. The number of rotatable bonds is 5. The number of nitrogens with one attached hydrogen (secondary N) is 1. The Morgan fingerprint density at radius 1 is 1.20 bits per heavy atom. The number of para-hydroxylation sites is 2. The molecule has 0 bridgehead atoms. The lowest BCUT2D eigenvalue weighted by atomic mass is 10.2. The number of sulfonamides is 1. The highest BCUT2D eigenvalue weighted by atomic mass is 32.2. The summed E-state index contributed by atoms with van der Waals surface area (Å²) in [5.41, 5.74) is -0.492. The summed E-state index contributed by atoms with van der Waals surface area (Å²) in [7, 11) is -3.97. The van der Waals surface area contributed by atoms with Crippen molar-refractivity contribution in [1.82, 2.24) is 4.72 Å². The summed E-state index contributed by atoms with van der Waals surface area (Å²) in [6.07, 6.45) is -0.527. The monoisotopic (exact) mass is 365 g/mol. The molecule has 0 saturated heterocycles. The molecule has 1 heterocycles. The first-order chi connectivity index (χ1) is 11.9. The van der Waals surface area contributed by atoms with E-state index in [4.69, 9.17) is 14.6 Å². The standard InChI is InChI=1S/C16H15NO7S/c18-13-6-5-11(7-12(13)16(19)20)25(21,22)17-8-10-9-23-14-3-1-2-4-15(14)24-10/h1-7,10,17-18H,8-9H2,(H,19,20)/t10-/m0/s1. The van der Waals surface area contributed by atoms with Crippen molar-refractivity contribution in [3.63, 3.8) is 0 Å². The van der Waals surface area contributed by atoms with Crippen molar-refractivity contribution in [1.29, 1.82) is 0 Å². The van der Waals surface area contributed by atoms with Gasteiger partial charge in [0.25, 0.3) is 0 Å². The molecule has 0 amide bonds. The molecule has 2 aromatic rings. The molecule has 0 fully saturated rings. The van der Waals surface area contributed by atoms with Crippen LogP contribution >= 0.6 is 0 Å². The third-order valence-corrected chi connectivity index (χ3v) is 5.00. The number of carbonyl (C=O) groups is 1. The highest BCUT2D eigenvalue weighted by molar-refractivity contribution is 7.89. The van der Waals surface area contributed by atoms with E-state index in [1.54, 1.807) is 24.3 Å². The Morgan fingerprint density at radius 2 is 1.92 bits per heavy atom. The van der Waals surface area contributed by atoms with E-state index in [0.29, 0.717) is 11.5 Å². The van der Waals surface area contributed by atoms with Crippen molar-refractivity contribution in [3.8, 4) is 17.2 Å². The van der Waals surface area contributed by atoms with E-state index in [1.165, 1.54) is 0 Å². The fourth-order valence-corrected chi connectivity index (χ4v) is 3.40. The lowest BCUT2D eigenvalue weighted by Gasteiger charge is -2.26. The second-order valence-corrected chi connectivity index (χ2v) is 7.10. The number of carboxylic acid groups (broad SMARTS) is 1. The zero-order valence-corrected chi connectivity index (χ0v) is 13.7. The lowest BCUT2D eigenvalue weighted by molar-refractivity contribution is 0.0693. The highest BCUT2D eigenvalue weighted by Crippen LogP contribution is 2.30. The first-order valence-electron chi connectivity index (χ1n) is 7.31. The quantitative estimate of drug-likeness (QED) is 0.728. The molecule has 3 rings (SSSR count). The molecule has 25 heavy (non-hydrogen) atoms. The van der Waals surface area contributed by atoms with Gasteiger partial charge in [-0.1, -0.05) is 12.1 Å². The van der Waals surface area contributed by atoms with Crippen LogP contribution < -0.4 is 14.2 Å². The highest BCUT2D eigenvalue weighted by Gasteiger charge is 2.24. The minimum Gasteiger partial charge on any atom is -0.507 e. The van der Waals surface area contributed by atoms with Crippen LogP contribution in [0, 0.1) is 0 Å². The Bertz CT molecular complexity index is 910. The average Bonchev–Trinajstić information content (AvgIpc) is 2.60. The number of aromatic hydroxyl groups is 1. The maximum Gasteiger partial charge on any atom is 0.339 e. The molecule has 0 spiro atoms. The molecular formula is C16H15NO7S. The summed E-state index contributed by atoms with van der Waals surface area (Å²) in [6.45, 7) is 0.120. The minimum absolute atomic E-state index is 0.0556. The number of fused-ring (bicyclic) bond motifs is 1. The molecule has 1 aliphatic rings. The largest absolute Gasteiger partial charge is 0.507 e. The Labute approximate surface area is 143 Å². The van der Waals surface area contributed by atoms with E-state index in [0.717, 1.165) is 18.2 Å². The van der Waals surface area contributed by atoms with E-state index in [1.807, 2.05) is 0 Å². The molecule has 132 valence electrons. The van der Waals surface area contributed by atoms with E-state index in [9.17, 15) is 18.3 Å². The Hall–Kier alpha value is -2.78. The zero-order chi connectivity index (χ0) is 18.0. The van der Waals surface area contributed by atoms with Crippen LogP contribution in [-0.4, -0.2) is 43.9 Å². The summed E-state index contributed by atoms with van der Waals surface area (Å²) >= 11 is 0. The van der Waals surface area contributed by atoms with Crippen LogP contribution in [0.5, 0.6) is 17.2 Å². The summed E-state index contributed by atoms with van der Waals surface area (Å²) in [5.74, 6) is -0.816. The first-order valence-corrected chi connectivity index (χ1v) is 8.79. The number of ether oxygens (including phenoxy) is 2. The van der Waals surface area contributed by atoms with Gasteiger partial charge in [-0.05, 0) is 30.3 Å². The van der Waals surface area contributed by atoms with Gasteiger partial charge in [0, 0.05) is 0 Å². The maximum atomic E-state index is 12.3. The Balaban J connectivity index is 1.71. The van der Waals surface area contributed by atoms with Gasteiger partial charge in [-0.15, -0.1) is 0 Å². The first kappa shape index (κ1) is 17.1. The van der Waals surface area contributed by atoms with E-state index in [-0.39, 0.29) is 18.0 Å². The van der Waals surface area contributed by atoms with Gasteiger partial charge >= 0.3 is 5.97 Å². The molecule has 8 nitrogen and oxygen atoms in total. The number of benzene rings is 2. The smallest absolute Gasteiger partial charge is 0.339 e. The third kappa shape index (κ3) is 3.67. The molecule has 0 aromatic heterocycles. The van der Waals surface area contributed by atoms with Crippen LogP contribution in [-0.2, 0) is 10.0 Å². The molecule has 2 aromatic carbocycles. The minimum atomic E-state index is -3.97. The second kappa shape index (κ2) is 6.61. The summed E-state index contributed by atoms with van der Waals surface area (Å²) in [5, 5.41) is 18.4. The van der Waals surface area contributed by atoms with Crippen LogP contribution in [0.1, 0.15) is 10.4 Å². The Morgan fingerprint density at radius 3 is 2.64 bits per heavy atom. The van der Waals surface area contributed by atoms with Gasteiger partial charge in [0.2, 0.25) is 10.0 Å². The van der Waals surface area contributed by atoms with Crippen LogP contribution in [0.4, 0.5) is 0 Å². The molecule has 0 radical (unpaired) electrons. The number of phenols is 1. The fourth-order valence-electron chi connectivity index (χ4n) is 2.30. The predicted molar refractivity (Wildman–Crippen MR) is 86.6 cm³/mol. The number of hydrogen-bond acceptors (Lipinski definition) is 6. The van der Waals surface area contributed by atoms with E-state index in [2.05, 4.69) is 4.72 Å². The van der Waals surface area contributed by atoms with Crippen molar-refractivity contribution in [3.05, 3.63) is 48.0 Å². The Kier molecular flexibility index (Phi) is 4.51. The van der Waals surface area contributed by atoms with Gasteiger partial charge in [0.15, 0.2) is 11.5 Å². The average molecular weight is 365 g/mol. The molecule has 1 atom stereocenters. The van der Waals surface area contributed by atoms with Crippen molar-refractivity contribution >= 4 is 16.0 Å². The molecule has 0 unspecified atom stereocenters. The molecule has 0 aliphatic carbocycles. The van der Waals surface area contributed by atoms with Gasteiger partial charge < -0.3 is 19.7 Å². The molecule has 3 N–H and O–H groups in total. The predicted octanol–water partition coefficient (Wildman–Crippen LogP) is 1.21. The summed E-state index contributed by atoms with van der Waals surface area (Å²) < 4.78 is 38.2. The summed E-state index contributed by atoms with van der Waals surface area (Å²) in [6, 6.07) is 10.1. The van der Waals surface area contributed by atoms with Gasteiger partial charge in [0.1, 0.15) is 24.0 Å². The molecular weight excluding hydrogens is 350 g/mol.